The Morgan fingerprint density at radius 2 is 1.67 bits per heavy atom. The Hall–Kier alpha value is -0.910. The molecule has 0 bridgehead atoms. The van der Waals surface area contributed by atoms with Crippen molar-refractivity contribution >= 4 is 31.9 Å². The number of halogens is 2. The summed E-state index contributed by atoms with van der Waals surface area (Å²) in [5.74, 6) is 0.870. The first kappa shape index (κ1) is 16.5. The van der Waals surface area contributed by atoms with Gasteiger partial charge in [-0.1, -0.05) is 6.92 Å². The SMILES string of the molecule is CCCOc1c(Br)cc(CNCc2ccncc2)cc1Br. The van der Waals surface area contributed by atoms with E-state index in [0.717, 1.165) is 40.8 Å². The molecule has 0 atom stereocenters. The van der Waals surface area contributed by atoms with Crippen LogP contribution in [-0.2, 0) is 13.1 Å². The highest BCUT2D eigenvalue weighted by atomic mass is 79.9. The Morgan fingerprint density at radius 3 is 2.29 bits per heavy atom. The van der Waals surface area contributed by atoms with Crippen LogP contribution in [0.4, 0.5) is 0 Å². The first-order valence-electron chi connectivity index (χ1n) is 6.91. The third kappa shape index (κ3) is 5.09. The van der Waals surface area contributed by atoms with E-state index in [9.17, 15) is 0 Å². The van der Waals surface area contributed by atoms with Crippen LogP contribution in [0.25, 0.3) is 0 Å². The van der Waals surface area contributed by atoms with Crippen molar-refractivity contribution in [2.45, 2.75) is 26.4 Å². The van der Waals surface area contributed by atoms with Crippen molar-refractivity contribution in [1.82, 2.24) is 10.3 Å². The van der Waals surface area contributed by atoms with Crippen molar-refractivity contribution in [2.24, 2.45) is 0 Å². The average Bonchev–Trinajstić information content (AvgIpc) is 2.48. The topological polar surface area (TPSA) is 34.1 Å². The Balaban J connectivity index is 1.95. The first-order valence-corrected chi connectivity index (χ1v) is 8.49. The van der Waals surface area contributed by atoms with Crippen molar-refractivity contribution in [1.29, 1.82) is 0 Å². The highest BCUT2D eigenvalue weighted by molar-refractivity contribution is 9.11. The van der Waals surface area contributed by atoms with Crippen LogP contribution in [0.5, 0.6) is 5.75 Å². The molecule has 0 unspecified atom stereocenters. The van der Waals surface area contributed by atoms with Gasteiger partial charge in [-0.3, -0.25) is 4.98 Å². The summed E-state index contributed by atoms with van der Waals surface area (Å²) in [7, 11) is 0. The second kappa shape index (κ2) is 8.51. The van der Waals surface area contributed by atoms with Crippen LogP contribution in [0.1, 0.15) is 24.5 Å². The van der Waals surface area contributed by atoms with Crippen molar-refractivity contribution < 1.29 is 4.74 Å². The molecule has 0 saturated heterocycles. The zero-order chi connectivity index (χ0) is 15.1. The number of benzene rings is 1. The van der Waals surface area contributed by atoms with E-state index in [-0.39, 0.29) is 0 Å². The fourth-order valence-corrected chi connectivity index (χ4v) is 3.42. The zero-order valence-corrected chi connectivity index (χ0v) is 15.1. The number of hydrogen-bond acceptors (Lipinski definition) is 3. The summed E-state index contributed by atoms with van der Waals surface area (Å²) in [6, 6.07) is 8.21. The number of aromatic nitrogens is 1. The molecule has 1 N–H and O–H groups in total. The maximum absolute atomic E-state index is 5.72. The first-order chi connectivity index (χ1) is 10.2. The maximum atomic E-state index is 5.72. The second-order valence-corrected chi connectivity index (χ2v) is 6.40. The zero-order valence-electron chi connectivity index (χ0n) is 11.9. The van der Waals surface area contributed by atoms with Crippen LogP contribution in [0, 0.1) is 0 Å². The molecule has 0 amide bonds. The molecule has 0 spiro atoms. The molecule has 0 aliphatic rings. The Morgan fingerprint density at radius 1 is 1.05 bits per heavy atom. The van der Waals surface area contributed by atoms with Gasteiger partial charge in [0.1, 0.15) is 5.75 Å². The standard InChI is InChI=1S/C16H18Br2N2O/c1-2-7-21-16-14(17)8-13(9-15(16)18)11-20-10-12-3-5-19-6-4-12/h3-6,8-9,20H,2,7,10-11H2,1H3. The predicted molar refractivity (Wildman–Crippen MR) is 92.4 cm³/mol. The van der Waals surface area contributed by atoms with Crippen molar-refractivity contribution in [3.8, 4) is 5.75 Å². The van der Waals surface area contributed by atoms with E-state index < -0.39 is 0 Å². The lowest BCUT2D eigenvalue weighted by Crippen LogP contribution is -2.12. The van der Waals surface area contributed by atoms with Gasteiger partial charge in [-0.05, 0) is 73.7 Å². The molecule has 0 radical (unpaired) electrons. The van der Waals surface area contributed by atoms with E-state index >= 15 is 0 Å². The van der Waals surface area contributed by atoms with E-state index in [2.05, 4.69) is 61.2 Å². The van der Waals surface area contributed by atoms with Crippen LogP contribution in [0.15, 0.2) is 45.6 Å². The fraction of sp³-hybridized carbons (Fsp3) is 0.312. The number of nitrogens with one attached hydrogen (secondary N) is 1. The van der Waals surface area contributed by atoms with Gasteiger partial charge in [0.05, 0.1) is 15.6 Å². The van der Waals surface area contributed by atoms with Crippen LogP contribution < -0.4 is 10.1 Å². The molecule has 3 nitrogen and oxygen atoms in total. The van der Waals surface area contributed by atoms with Gasteiger partial charge in [-0.15, -0.1) is 0 Å². The highest BCUT2D eigenvalue weighted by Crippen LogP contribution is 2.34. The predicted octanol–water partition coefficient (Wildman–Crippen LogP) is 4.69. The van der Waals surface area contributed by atoms with Gasteiger partial charge < -0.3 is 10.1 Å². The maximum Gasteiger partial charge on any atom is 0.147 e. The molecule has 1 aromatic carbocycles. The minimum absolute atomic E-state index is 0.719. The lowest BCUT2D eigenvalue weighted by molar-refractivity contribution is 0.313. The van der Waals surface area contributed by atoms with Crippen LogP contribution in [0.3, 0.4) is 0 Å². The molecular weight excluding hydrogens is 396 g/mol. The van der Waals surface area contributed by atoms with E-state index in [1.807, 2.05) is 24.5 Å². The van der Waals surface area contributed by atoms with Gasteiger partial charge in [-0.25, -0.2) is 0 Å². The summed E-state index contributed by atoms with van der Waals surface area (Å²) >= 11 is 7.15. The lowest BCUT2D eigenvalue weighted by Gasteiger charge is -2.12. The fourth-order valence-electron chi connectivity index (χ4n) is 1.91. The van der Waals surface area contributed by atoms with Gasteiger partial charge in [-0.2, -0.15) is 0 Å². The van der Waals surface area contributed by atoms with Gasteiger partial charge >= 0.3 is 0 Å². The second-order valence-electron chi connectivity index (χ2n) is 4.70. The largest absolute Gasteiger partial charge is 0.491 e. The van der Waals surface area contributed by atoms with Gasteiger partial charge in [0.15, 0.2) is 0 Å². The van der Waals surface area contributed by atoms with Crippen molar-refractivity contribution in [3.63, 3.8) is 0 Å². The average molecular weight is 414 g/mol. The summed E-state index contributed by atoms with van der Waals surface area (Å²) in [5, 5.41) is 3.42. The highest BCUT2D eigenvalue weighted by Gasteiger charge is 2.08. The lowest BCUT2D eigenvalue weighted by atomic mass is 10.2. The molecule has 21 heavy (non-hydrogen) atoms. The number of ether oxygens (including phenoxy) is 1. The summed E-state index contributed by atoms with van der Waals surface area (Å²) in [5.41, 5.74) is 2.43. The Bertz CT molecular complexity index is 553. The molecule has 0 fully saturated rings. The molecule has 0 saturated carbocycles. The summed E-state index contributed by atoms with van der Waals surface area (Å²) in [4.78, 5) is 4.01. The van der Waals surface area contributed by atoms with Gasteiger partial charge in [0.25, 0.3) is 0 Å². The molecule has 5 heteroatoms. The molecular formula is C16H18Br2N2O. The molecule has 0 aliphatic carbocycles. The smallest absolute Gasteiger partial charge is 0.147 e. The third-order valence-electron chi connectivity index (χ3n) is 2.92. The van der Waals surface area contributed by atoms with Crippen molar-refractivity contribution in [2.75, 3.05) is 6.61 Å². The summed E-state index contributed by atoms with van der Waals surface area (Å²) in [6.45, 7) is 4.44. The molecule has 112 valence electrons. The van der Waals surface area contributed by atoms with E-state index in [4.69, 9.17) is 4.74 Å². The van der Waals surface area contributed by atoms with Gasteiger partial charge in [0, 0.05) is 25.5 Å². The number of nitrogens with zero attached hydrogens (tertiary/aromatic N) is 1. The Kier molecular flexibility index (Phi) is 6.67. The summed E-state index contributed by atoms with van der Waals surface area (Å²) in [6.07, 6.45) is 4.61. The van der Waals surface area contributed by atoms with E-state index in [1.165, 1.54) is 11.1 Å². The van der Waals surface area contributed by atoms with Crippen molar-refractivity contribution in [3.05, 3.63) is 56.7 Å². The van der Waals surface area contributed by atoms with Crippen LogP contribution >= 0.6 is 31.9 Å². The minimum Gasteiger partial charge on any atom is -0.491 e. The van der Waals surface area contributed by atoms with E-state index in [1.54, 1.807) is 0 Å². The monoisotopic (exact) mass is 412 g/mol. The summed E-state index contributed by atoms with van der Waals surface area (Å²) < 4.78 is 7.68. The number of pyridine rings is 1. The number of rotatable bonds is 7. The molecule has 1 heterocycles. The minimum atomic E-state index is 0.719. The van der Waals surface area contributed by atoms with Crippen LogP contribution in [-0.4, -0.2) is 11.6 Å². The quantitative estimate of drug-likeness (QED) is 0.715. The van der Waals surface area contributed by atoms with Crippen LogP contribution in [0.2, 0.25) is 0 Å². The number of hydrogen-bond donors (Lipinski definition) is 1. The van der Waals surface area contributed by atoms with E-state index in [0.29, 0.717) is 0 Å². The molecule has 2 aromatic rings. The van der Waals surface area contributed by atoms with Gasteiger partial charge in [0.2, 0.25) is 0 Å². The normalized spacial score (nSPS) is 10.6. The third-order valence-corrected chi connectivity index (χ3v) is 4.09. The molecule has 0 aliphatic heterocycles. The molecule has 2 rings (SSSR count). The molecule has 1 aromatic heterocycles. The Labute approximate surface area is 142 Å².